The summed E-state index contributed by atoms with van der Waals surface area (Å²) in [5.74, 6) is 1.76. The summed E-state index contributed by atoms with van der Waals surface area (Å²) >= 11 is 6.44. The van der Waals surface area contributed by atoms with Crippen LogP contribution in [0.25, 0.3) is 0 Å². The molecule has 2 heteroatoms. The van der Waals surface area contributed by atoms with Gasteiger partial charge in [-0.3, -0.25) is 0 Å². The third-order valence-electron chi connectivity index (χ3n) is 5.03. The average molecular weight is 308 g/mol. The molecule has 1 N–H and O–H groups in total. The fraction of sp³-hybridized carbons (Fsp3) is 0.684. The third-order valence-corrected chi connectivity index (χ3v) is 5.38. The maximum absolute atomic E-state index is 6.44. The van der Waals surface area contributed by atoms with Crippen molar-refractivity contribution in [3.8, 4) is 0 Å². The summed E-state index contributed by atoms with van der Waals surface area (Å²) in [7, 11) is 0. The van der Waals surface area contributed by atoms with Crippen LogP contribution in [0, 0.1) is 18.8 Å². The van der Waals surface area contributed by atoms with Gasteiger partial charge >= 0.3 is 0 Å². The second kappa shape index (κ2) is 8.19. The molecule has 0 spiro atoms. The highest BCUT2D eigenvalue weighted by Crippen LogP contribution is 2.36. The summed E-state index contributed by atoms with van der Waals surface area (Å²) in [6, 6.07) is 7.07. The van der Waals surface area contributed by atoms with Crippen molar-refractivity contribution >= 4 is 11.6 Å². The molecule has 1 aromatic carbocycles. The van der Waals surface area contributed by atoms with Gasteiger partial charge in [-0.05, 0) is 68.2 Å². The molecule has 0 saturated heterocycles. The van der Waals surface area contributed by atoms with Gasteiger partial charge in [0.05, 0.1) is 0 Å². The van der Waals surface area contributed by atoms with Crippen LogP contribution in [0.15, 0.2) is 18.2 Å². The van der Waals surface area contributed by atoms with E-state index in [1.165, 1.54) is 43.2 Å². The first-order valence-electron chi connectivity index (χ1n) is 8.62. The van der Waals surface area contributed by atoms with Crippen molar-refractivity contribution in [2.75, 3.05) is 6.54 Å². The molecule has 21 heavy (non-hydrogen) atoms. The van der Waals surface area contributed by atoms with E-state index in [0.29, 0.717) is 6.04 Å². The van der Waals surface area contributed by atoms with Crippen LogP contribution in [0.1, 0.15) is 57.1 Å². The number of rotatable bonds is 7. The zero-order valence-corrected chi connectivity index (χ0v) is 14.5. The highest BCUT2D eigenvalue weighted by molar-refractivity contribution is 6.31. The molecule has 1 aliphatic carbocycles. The molecule has 1 aliphatic rings. The Morgan fingerprint density at radius 2 is 2.10 bits per heavy atom. The number of benzene rings is 1. The Balaban J connectivity index is 2.05. The van der Waals surface area contributed by atoms with Crippen LogP contribution in [-0.4, -0.2) is 12.6 Å². The second-order valence-electron chi connectivity index (χ2n) is 6.71. The topological polar surface area (TPSA) is 12.0 Å². The summed E-state index contributed by atoms with van der Waals surface area (Å²) < 4.78 is 0. The zero-order chi connectivity index (χ0) is 15.2. The van der Waals surface area contributed by atoms with Gasteiger partial charge in [0.15, 0.2) is 0 Å². The Morgan fingerprint density at radius 1 is 1.29 bits per heavy atom. The fourth-order valence-electron chi connectivity index (χ4n) is 3.64. The SMILES string of the molecule is CCCNC(Cc1ccc(C)cc1Cl)C1CCC(CC)C1. The van der Waals surface area contributed by atoms with Crippen molar-refractivity contribution in [2.45, 2.75) is 65.3 Å². The van der Waals surface area contributed by atoms with E-state index in [4.69, 9.17) is 11.6 Å². The van der Waals surface area contributed by atoms with Gasteiger partial charge in [-0.25, -0.2) is 0 Å². The second-order valence-corrected chi connectivity index (χ2v) is 7.11. The highest BCUT2D eigenvalue weighted by Gasteiger charge is 2.30. The maximum Gasteiger partial charge on any atom is 0.0441 e. The van der Waals surface area contributed by atoms with Crippen molar-refractivity contribution in [2.24, 2.45) is 11.8 Å². The Bertz CT molecular complexity index is 443. The lowest BCUT2D eigenvalue weighted by Gasteiger charge is -2.26. The minimum atomic E-state index is 0.585. The highest BCUT2D eigenvalue weighted by atomic mass is 35.5. The molecule has 3 atom stereocenters. The van der Waals surface area contributed by atoms with Crippen LogP contribution < -0.4 is 5.32 Å². The number of aryl methyl sites for hydroxylation is 1. The van der Waals surface area contributed by atoms with E-state index in [0.717, 1.165) is 29.8 Å². The summed E-state index contributed by atoms with van der Waals surface area (Å²) in [6.45, 7) is 7.79. The van der Waals surface area contributed by atoms with Crippen LogP contribution in [0.2, 0.25) is 5.02 Å². The molecule has 0 radical (unpaired) electrons. The molecule has 3 unspecified atom stereocenters. The molecule has 1 fully saturated rings. The van der Waals surface area contributed by atoms with Crippen LogP contribution in [-0.2, 0) is 6.42 Å². The maximum atomic E-state index is 6.44. The van der Waals surface area contributed by atoms with Gasteiger partial charge in [0, 0.05) is 11.1 Å². The first-order valence-corrected chi connectivity index (χ1v) is 9.00. The number of halogens is 1. The largest absolute Gasteiger partial charge is 0.313 e. The summed E-state index contributed by atoms with van der Waals surface area (Å²) in [4.78, 5) is 0. The molecule has 0 heterocycles. The molecular formula is C19H30ClN. The van der Waals surface area contributed by atoms with Gasteiger partial charge in [0.1, 0.15) is 0 Å². The first-order chi connectivity index (χ1) is 10.1. The van der Waals surface area contributed by atoms with Crippen molar-refractivity contribution in [3.63, 3.8) is 0 Å². The Morgan fingerprint density at radius 3 is 2.71 bits per heavy atom. The molecule has 1 aromatic rings. The van der Waals surface area contributed by atoms with E-state index in [-0.39, 0.29) is 0 Å². The zero-order valence-electron chi connectivity index (χ0n) is 13.8. The lowest BCUT2D eigenvalue weighted by atomic mass is 9.90. The summed E-state index contributed by atoms with van der Waals surface area (Å²) in [6.07, 6.45) is 7.78. The van der Waals surface area contributed by atoms with Gasteiger partial charge in [-0.2, -0.15) is 0 Å². The van der Waals surface area contributed by atoms with Crippen molar-refractivity contribution in [3.05, 3.63) is 34.3 Å². The smallest absolute Gasteiger partial charge is 0.0441 e. The van der Waals surface area contributed by atoms with Crippen LogP contribution in [0.3, 0.4) is 0 Å². The summed E-state index contributed by atoms with van der Waals surface area (Å²) in [5, 5.41) is 4.72. The van der Waals surface area contributed by atoms with E-state index in [9.17, 15) is 0 Å². The summed E-state index contributed by atoms with van der Waals surface area (Å²) in [5.41, 5.74) is 2.55. The van der Waals surface area contributed by atoms with Crippen molar-refractivity contribution in [1.82, 2.24) is 5.32 Å². The van der Waals surface area contributed by atoms with E-state index >= 15 is 0 Å². The van der Waals surface area contributed by atoms with Crippen LogP contribution in [0.5, 0.6) is 0 Å². The van der Waals surface area contributed by atoms with Crippen molar-refractivity contribution in [1.29, 1.82) is 0 Å². The molecule has 0 aromatic heterocycles. The molecule has 2 rings (SSSR count). The molecule has 1 saturated carbocycles. The molecule has 118 valence electrons. The number of hydrogen-bond donors (Lipinski definition) is 1. The first kappa shape index (κ1) is 16.8. The minimum Gasteiger partial charge on any atom is -0.313 e. The van der Waals surface area contributed by atoms with E-state index in [1.54, 1.807) is 0 Å². The van der Waals surface area contributed by atoms with Gasteiger partial charge in [0.25, 0.3) is 0 Å². The Kier molecular flexibility index (Phi) is 6.57. The predicted molar refractivity (Wildman–Crippen MR) is 93.1 cm³/mol. The van der Waals surface area contributed by atoms with E-state index in [2.05, 4.69) is 44.3 Å². The molecule has 0 amide bonds. The third kappa shape index (κ3) is 4.72. The predicted octanol–water partition coefficient (Wildman–Crippen LogP) is 5.39. The normalized spacial score (nSPS) is 23.4. The minimum absolute atomic E-state index is 0.585. The lowest BCUT2D eigenvalue weighted by Crippen LogP contribution is -2.37. The van der Waals surface area contributed by atoms with Gasteiger partial charge in [0.2, 0.25) is 0 Å². The fourth-order valence-corrected chi connectivity index (χ4v) is 3.95. The van der Waals surface area contributed by atoms with E-state index in [1.807, 2.05) is 0 Å². The lowest BCUT2D eigenvalue weighted by molar-refractivity contribution is 0.344. The number of nitrogens with one attached hydrogen (secondary N) is 1. The van der Waals surface area contributed by atoms with Crippen LogP contribution >= 0.6 is 11.6 Å². The van der Waals surface area contributed by atoms with Crippen LogP contribution in [0.4, 0.5) is 0 Å². The monoisotopic (exact) mass is 307 g/mol. The Labute approximate surface area is 135 Å². The average Bonchev–Trinajstić information content (AvgIpc) is 2.94. The standard InChI is InChI=1S/C19H30ClN/c1-4-10-21-19(17-9-7-15(5-2)12-17)13-16-8-6-14(3)11-18(16)20/h6,8,11,15,17,19,21H,4-5,7,9-10,12-13H2,1-3H3. The van der Waals surface area contributed by atoms with E-state index < -0.39 is 0 Å². The number of hydrogen-bond acceptors (Lipinski definition) is 1. The molecule has 0 aliphatic heterocycles. The molecule has 1 nitrogen and oxygen atoms in total. The molecule has 0 bridgehead atoms. The Hall–Kier alpha value is -0.530. The van der Waals surface area contributed by atoms with Gasteiger partial charge < -0.3 is 5.32 Å². The van der Waals surface area contributed by atoms with Gasteiger partial charge in [-0.15, -0.1) is 0 Å². The van der Waals surface area contributed by atoms with Gasteiger partial charge in [-0.1, -0.05) is 50.4 Å². The quantitative estimate of drug-likeness (QED) is 0.712. The van der Waals surface area contributed by atoms with Crippen molar-refractivity contribution < 1.29 is 0 Å². The molecular weight excluding hydrogens is 278 g/mol.